The third kappa shape index (κ3) is 4.36. The zero-order chi connectivity index (χ0) is 16.9. The number of hydrogen-bond donors (Lipinski definition) is 1. The Morgan fingerprint density at radius 1 is 1.25 bits per heavy atom. The normalized spacial score (nSPS) is 17.6. The van der Waals surface area contributed by atoms with Crippen LogP contribution in [0.1, 0.15) is 12.5 Å². The smallest absolute Gasteiger partial charge is 0.241 e. The van der Waals surface area contributed by atoms with E-state index in [1.807, 2.05) is 25.1 Å². The van der Waals surface area contributed by atoms with E-state index in [4.69, 9.17) is 11.6 Å². The van der Waals surface area contributed by atoms with Crippen LogP contribution in [0.15, 0.2) is 41.1 Å². The highest BCUT2D eigenvalue weighted by Crippen LogP contribution is 2.21. The minimum atomic E-state index is -0.162. The predicted octanol–water partition coefficient (Wildman–Crippen LogP) is 3.55. The molecule has 1 amide bonds. The van der Waals surface area contributed by atoms with Crippen LogP contribution in [0.4, 0.5) is 5.69 Å². The molecule has 0 aliphatic carbocycles. The van der Waals surface area contributed by atoms with Crippen LogP contribution in [-0.4, -0.2) is 47.9 Å². The monoisotopic (exact) mass is 363 g/mol. The number of carbonyl (C=O) groups is 1. The maximum Gasteiger partial charge on any atom is 0.241 e. The molecule has 0 saturated carbocycles. The molecule has 2 aromatic rings. The number of carbonyl (C=O) groups excluding carboxylic acids is 1. The Morgan fingerprint density at radius 2 is 2.00 bits per heavy atom. The number of nitrogens with one attached hydrogen (secondary N) is 1. The topological polar surface area (TPSA) is 35.6 Å². The van der Waals surface area contributed by atoms with Crippen LogP contribution in [0, 0.1) is 0 Å². The molecule has 128 valence electrons. The Morgan fingerprint density at radius 3 is 2.67 bits per heavy atom. The Balaban J connectivity index is 1.50. The molecule has 1 aliphatic heterocycles. The number of anilines is 1. The Hall–Kier alpha value is -1.40. The number of piperazine rings is 1. The van der Waals surface area contributed by atoms with Gasteiger partial charge in [-0.2, -0.15) is 11.3 Å². The molecular formula is C18H22ClN3OS. The van der Waals surface area contributed by atoms with E-state index < -0.39 is 0 Å². The summed E-state index contributed by atoms with van der Waals surface area (Å²) in [5, 5.41) is 7.82. The number of amides is 1. The number of halogens is 1. The van der Waals surface area contributed by atoms with Gasteiger partial charge in [-0.25, -0.2) is 0 Å². The van der Waals surface area contributed by atoms with Crippen molar-refractivity contribution in [2.24, 2.45) is 0 Å². The average molecular weight is 364 g/mol. The molecule has 1 unspecified atom stereocenters. The molecule has 0 spiro atoms. The molecule has 0 bridgehead atoms. The third-order valence-corrected chi connectivity index (χ3v) is 5.51. The van der Waals surface area contributed by atoms with Gasteiger partial charge in [0.1, 0.15) is 0 Å². The van der Waals surface area contributed by atoms with Crippen molar-refractivity contribution in [3.05, 3.63) is 51.7 Å². The fourth-order valence-corrected chi connectivity index (χ4v) is 3.76. The maximum absolute atomic E-state index is 12.5. The minimum Gasteiger partial charge on any atom is -0.323 e. The molecule has 1 aromatic heterocycles. The first kappa shape index (κ1) is 17.4. The number of para-hydroxylation sites is 1. The fourth-order valence-electron chi connectivity index (χ4n) is 2.92. The summed E-state index contributed by atoms with van der Waals surface area (Å²) in [6, 6.07) is 9.35. The predicted molar refractivity (Wildman–Crippen MR) is 101 cm³/mol. The van der Waals surface area contributed by atoms with Crippen molar-refractivity contribution < 1.29 is 4.79 Å². The van der Waals surface area contributed by atoms with E-state index in [0.29, 0.717) is 10.7 Å². The Kier molecular flexibility index (Phi) is 5.89. The van der Waals surface area contributed by atoms with E-state index in [1.54, 1.807) is 17.4 Å². The van der Waals surface area contributed by atoms with Crippen LogP contribution < -0.4 is 5.32 Å². The van der Waals surface area contributed by atoms with Gasteiger partial charge in [0.25, 0.3) is 0 Å². The first-order chi connectivity index (χ1) is 11.6. The second kappa shape index (κ2) is 8.12. The number of rotatable bonds is 5. The molecule has 1 fully saturated rings. The van der Waals surface area contributed by atoms with Crippen LogP contribution in [0.3, 0.4) is 0 Å². The highest BCUT2D eigenvalue weighted by Gasteiger charge is 2.25. The van der Waals surface area contributed by atoms with E-state index in [0.717, 1.165) is 32.7 Å². The van der Waals surface area contributed by atoms with Gasteiger partial charge in [-0.3, -0.25) is 14.6 Å². The van der Waals surface area contributed by atoms with Crippen molar-refractivity contribution >= 4 is 34.5 Å². The molecule has 24 heavy (non-hydrogen) atoms. The maximum atomic E-state index is 12.5. The quantitative estimate of drug-likeness (QED) is 0.882. The summed E-state index contributed by atoms with van der Waals surface area (Å²) < 4.78 is 0. The summed E-state index contributed by atoms with van der Waals surface area (Å²) in [7, 11) is 0. The van der Waals surface area contributed by atoms with Gasteiger partial charge in [0.05, 0.1) is 16.8 Å². The molecule has 1 saturated heterocycles. The summed E-state index contributed by atoms with van der Waals surface area (Å²) in [5.41, 5.74) is 2.05. The van der Waals surface area contributed by atoms with Crippen molar-refractivity contribution in [3.63, 3.8) is 0 Å². The van der Waals surface area contributed by atoms with Gasteiger partial charge in [-0.05, 0) is 41.4 Å². The standard InChI is InChI=1S/C18H22ClN3OS/c1-14(18(23)20-17-5-3-2-4-16(17)19)22-9-7-21(8-10-22)12-15-6-11-24-13-15/h2-6,11,13-14H,7-10,12H2,1H3,(H,20,23). The number of hydrogen-bond acceptors (Lipinski definition) is 4. The molecule has 1 aliphatic rings. The highest BCUT2D eigenvalue weighted by molar-refractivity contribution is 7.07. The van der Waals surface area contributed by atoms with Crippen LogP contribution in [0.5, 0.6) is 0 Å². The first-order valence-corrected chi connectivity index (χ1v) is 9.48. The molecular weight excluding hydrogens is 342 g/mol. The highest BCUT2D eigenvalue weighted by atomic mass is 35.5. The van der Waals surface area contributed by atoms with Crippen LogP contribution in [0.2, 0.25) is 5.02 Å². The van der Waals surface area contributed by atoms with Crippen molar-refractivity contribution in [1.82, 2.24) is 9.80 Å². The summed E-state index contributed by atoms with van der Waals surface area (Å²) in [4.78, 5) is 17.2. The first-order valence-electron chi connectivity index (χ1n) is 8.16. The lowest BCUT2D eigenvalue weighted by Gasteiger charge is -2.37. The minimum absolute atomic E-state index is 0.00520. The van der Waals surface area contributed by atoms with Gasteiger partial charge in [0.15, 0.2) is 0 Å². The SMILES string of the molecule is CC(C(=O)Nc1ccccc1Cl)N1CCN(Cc2ccsc2)CC1. The summed E-state index contributed by atoms with van der Waals surface area (Å²) in [6.45, 7) is 6.74. The summed E-state index contributed by atoms with van der Waals surface area (Å²) in [6.07, 6.45) is 0. The lowest BCUT2D eigenvalue weighted by molar-refractivity contribution is -0.121. The van der Waals surface area contributed by atoms with Crippen molar-refractivity contribution in [1.29, 1.82) is 0 Å². The molecule has 1 atom stereocenters. The van der Waals surface area contributed by atoms with E-state index in [-0.39, 0.29) is 11.9 Å². The van der Waals surface area contributed by atoms with Crippen LogP contribution in [0.25, 0.3) is 0 Å². The van der Waals surface area contributed by atoms with Gasteiger partial charge >= 0.3 is 0 Å². The fraction of sp³-hybridized carbons (Fsp3) is 0.389. The molecule has 0 radical (unpaired) electrons. The second-order valence-corrected chi connectivity index (χ2v) is 7.28. The average Bonchev–Trinajstić information content (AvgIpc) is 3.10. The molecule has 1 N–H and O–H groups in total. The van der Waals surface area contributed by atoms with Crippen molar-refractivity contribution in [2.75, 3.05) is 31.5 Å². The van der Waals surface area contributed by atoms with E-state index >= 15 is 0 Å². The van der Waals surface area contributed by atoms with E-state index in [1.165, 1.54) is 5.56 Å². The largest absolute Gasteiger partial charge is 0.323 e. The van der Waals surface area contributed by atoms with E-state index in [9.17, 15) is 4.79 Å². The van der Waals surface area contributed by atoms with Crippen molar-refractivity contribution in [2.45, 2.75) is 19.5 Å². The second-order valence-electron chi connectivity index (χ2n) is 6.09. The molecule has 3 rings (SSSR count). The van der Waals surface area contributed by atoms with Crippen molar-refractivity contribution in [3.8, 4) is 0 Å². The lowest BCUT2D eigenvalue weighted by Crippen LogP contribution is -2.52. The molecule has 6 heteroatoms. The molecule has 1 aromatic carbocycles. The van der Waals surface area contributed by atoms with E-state index in [2.05, 4.69) is 31.9 Å². The Labute approximate surface area is 152 Å². The van der Waals surface area contributed by atoms with Crippen LogP contribution in [-0.2, 0) is 11.3 Å². The van der Waals surface area contributed by atoms with Gasteiger partial charge in [0.2, 0.25) is 5.91 Å². The number of nitrogens with zero attached hydrogens (tertiary/aromatic N) is 2. The van der Waals surface area contributed by atoms with Crippen LogP contribution >= 0.6 is 22.9 Å². The zero-order valence-corrected chi connectivity index (χ0v) is 15.3. The summed E-state index contributed by atoms with van der Waals surface area (Å²) in [5.74, 6) is -0.00520. The molecule has 4 nitrogen and oxygen atoms in total. The number of thiophene rings is 1. The number of benzene rings is 1. The van der Waals surface area contributed by atoms with Gasteiger partial charge in [-0.1, -0.05) is 23.7 Å². The van der Waals surface area contributed by atoms with Gasteiger partial charge < -0.3 is 5.32 Å². The third-order valence-electron chi connectivity index (χ3n) is 4.45. The summed E-state index contributed by atoms with van der Waals surface area (Å²) >= 11 is 7.85. The Bertz CT molecular complexity index is 669. The van der Waals surface area contributed by atoms with Gasteiger partial charge in [-0.15, -0.1) is 0 Å². The lowest BCUT2D eigenvalue weighted by atomic mass is 10.2. The van der Waals surface area contributed by atoms with Gasteiger partial charge in [0, 0.05) is 32.7 Å². The zero-order valence-electron chi connectivity index (χ0n) is 13.7. The molecule has 2 heterocycles.